The van der Waals surface area contributed by atoms with Gasteiger partial charge in [0.2, 0.25) is 11.7 Å². The Morgan fingerprint density at radius 1 is 1.30 bits per heavy atom. The summed E-state index contributed by atoms with van der Waals surface area (Å²) < 4.78 is 6.09. The summed E-state index contributed by atoms with van der Waals surface area (Å²) in [6.07, 6.45) is -0.673. The van der Waals surface area contributed by atoms with E-state index in [9.17, 15) is 9.59 Å². The molecule has 0 fully saturated rings. The Bertz CT molecular complexity index is 653. The molecule has 0 spiro atoms. The van der Waals surface area contributed by atoms with E-state index in [1.807, 2.05) is 0 Å². The van der Waals surface area contributed by atoms with Gasteiger partial charge in [0.1, 0.15) is 5.75 Å². The first-order chi connectivity index (χ1) is 9.47. The molecule has 1 amide bonds. The summed E-state index contributed by atoms with van der Waals surface area (Å²) in [6.45, 7) is 1.65. The molecule has 0 saturated carbocycles. The highest BCUT2D eigenvalue weighted by Crippen LogP contribution is 2.24. The van der Waals surface area contributed by atoms with E-state index in [1.165, 1.54) is 17.4 Å². The SMILES string of the molecule is CC(Oc1cccc(C(N)=O)c1)C(=O)c1ccc(Cl)s1. The van der Waals surface area contributed by atoms with E-state index in [2.05, 4.69) is 0 Å². The molecule has 0 saturated heterocycles. The molecule has 2 rings (SSSR count). The first kappa shape index (κ1) is 14.6. The third-order valence-corrected chi connectivity index (χ3v) is 3.86. The van der Waals surface area contributed by atoms with Crippen LogP contribution in [-0.4, -0.2) is 17.8 Å². The van der Waals surface area contributed by atoms with Crippen LogP contribution in [0, 0.1) is 0 Å². The van der Waals surface area contributed by atoms with Crippen molar-refractivity contribution in [1.29, 1.82) is 0 Å². The monoisotopic (exact) mass is 309 g/mol. The number of benzene rings is 1. The van der Waals surface area contributed by atoms with Crippen LogP contribution in [-0.2, 0) is 0 Å². The highest BCUT2D eigenvalue weighted by Gasteiger charge is 2.19. The molecule has 4 nitrogen and oxygen atoms in total. The summed E-state index contributed by atoms with van der Waals surface area (Å²) in [7, 11) is 0. The van der Waals surface area contributed by atoms with Crippen molar-refractivity contribution in [2.75, 3.05) is 0 Å². The summed E-state index contributed by atoms with van der Waals surface area (Å²) in [5.41, 5.74) is 5.53. The number of hydrogen-bond acceptors (Lipinski definition) is 4. The van der Waals surface area contributed by atoms with Crippen LogP contribution in [0.2, 0.25) is 4.34 Å². The summed E-state index contributed by atoms with van der Waals surface area (Å²) in [6, 6.07) is 9.73. The Labute approximate surface area is 125 Å². The van der Waals surface area contributed by atoms with Crippen molar-refractivity contribution in [3.05, 3.63) is 51.2 Å². The summed E-state index contributed by atoms with van der Waals surface area (Å²) in [4.78, 5) is 23.7. The van der Waals surface area contributed by atoms with Gasteiger partial charge >= 0.3 is 0 Å². The lowest BCUT2D eigenvalue weighted by Crippen LogP contribution is -2.23. The maximum atomic E-state index is 12.1. The van der Waals surface area contributed by atoms with Gasteiger partial charge in [-0.05, 0) is 37.3 Å². The number of primary amides is 1. The molecule has 2 aromatic rings. The van der Waals surface area contributed by atoms with Crippen LogP contribution in [0.5, 0.6) is 5.75 Å². The van der Waals surface area contributed by atoms with Gasteiger partial charge in [-0.2, -0.15) is 0 Å². The molecule has 0 aliphatic carbocycles. The van der Waals surface area contributed by atoms with E-state index >= 15 is 0 Å². The minimum atomic E-state index is -0.673. The normalized spacial score (nSPS) is 11.9. The van der Waals surface area contributed by atoms with Crippen molar-refractivity contribution in [3.63, 3.8) is 0 Å². The van der Waals surface area contributed by atoms with Crippen LogP contribution < -0.4 is 10.5 Å². The second-order valence-corrected chi connectivity index (χ2v) is 5.84. The highest BCUT2D eigenvalue weighted by molar-refractivity contribution is 7.18. The second kappa shape index (κ2) is 6.07. The van der Waals surface area contributed by atoms with Gasteiger partial charge in [0.05, 0.1) is 9.21 Å². The van der Waals surface area contributed by atoms with Gasteiger partial charge in [-0.15, -0.1) is 11.3 Å². The number of halogens is 1. The van der Waals surface area contributed by atoms with Crippen LogP contribution >= 0.6 is 22.9 Å². The smallest absolute Gasteiger partial charge is 0.248 e. The molecule has 20 heavy (non-hydrogen) atoms. The first-order valence-corrected chi connectivity index (χ1v) is 7.03. The predicted molar refractivity (Wildman–Crippen MR) is 78.7 cm³/mol. The Morgan fingerprint density at radius 3 is 2.65 bits per heavy atom. The molecule has 2 N–H and O–H groups in total. The van der Waals surface area contributed by atoms with Gasteiger partial charge in [0, 0.05) is 5.56 Å². The fourth-order valence-electron chi connectivity index (χ4n) is 1.63. The molecule has 0 bridgehead atoms. The number of ether oxygens (including phenoxy) is 1. The summed E-state index contributed by atoms with van der Waals surface area (Å²) >= 11 is 7.00. The summed E-state index contributed by atoms with van der Waals surface area (Å²) in [5.74, 6) is -0.282. The second-order valence-electron chi connectivity index (χ2n) is 4.12. The number of amides is 1. The van der Waals surface area contributed by atoms with E-state index in [0.29, 0.717) is 20.5 Å². The lowest BCUT2D eigenvalue weighted by molar-refractivity contribution is 0.0822. The number of carbonyl (C=O) groups is 2. The van der Waals surface area contributed by atoms with Crippen LogP contribution in [0.25, 0.3) is 0 Å². The lowest BCUT2D eigenvalue weighted by Gasteiger charge is -2.13. The van der Waals surface area contributed by atoms with E-state index in [-0.39, 0.29) is 5.78 Å². The summed E-state index contributed by atoms with van der Waals surface area (Å²) in [5, 5.41) is 0. The van der Waals surface area contributed by atoms with Gasteiger partial charge in [-0.3, -0.25) is 9.59 Å². The zero-order chi connectivity index (χ0) is 14.7. The van der Waals surface area contributed by atoms with E-state index in [0.717, 1.165) is 0 Å². The molecule has 1 heterocycles. The van der Waals surface area contributed by atoms with Crippen molar-refractivity contribution in [1.82, 2.24) is 0 Å². The molecule has 1 unspecified atom stereocenters. The molecule has 1 aromatic carbocycles. The number of hydrogen-bond donors (Lipinski definition) is 1. The maximum Gasteiger partial charge on any atom is 0.248 e. The van der Waals surface area contributed by atoms with Crippen LogP contribution in [0.3, 0.4) is 0 Å². The standard InChI is InChI=1S/C14H12ClNO3S/c1-8(13(17)11-5-6-12(15)20-11)19-10-4-2-3-9(7-10)14(16)18/h2-8H,1H3,(H2,16,18). The van der Waals surface area contributed by atoms with E-state index in [4.69, 9.17) is 22.1 Å². The van der Waals surface area contributed by atoms with Gasteiger partial charge < -0.3 is 10.5 Å². The number of Topliss-reactive ketones (excluding diaryl/α,β-unsaturated/α-hetero) is 1. The number of ketones is 1. The molecule has 6 heteroatoms. The number of thiophene rings is 1. The topological polar surface area (TPSA) is 69.4 Å². The molecular formula is C14H12ClNO3S. The molecule has 0 aliphatic rings. The van der Waals surface area contributed by atoms with Crippen molar-refractivity contribution in [3.8, 4) is 5.75 Å². The van der Waals surface area contributed by atoms with Crippen molar-refractivity contribution < 1.29 is 14.3 Å². The largest absolute Gasteiger partial charge is 0.483 e. The Morgan fingerprint density at radius 2 is 2.05 bits per heavy atom. The van der Waals surface area contributed by atoms with E-state index < -0.39 is 12.0 Å². The zero-order valence-electron chi connectivity index (χ0n) is 10.6. The van der Waals surface area contributed by atoms with Gasteiger partial charge in [-0.25, -0.2) is 0 Å². The van der Waals surface area contributed by atoms with Crippen molar-refractivity contribution in [2.24, 2.45) is 5.73 Å². The third-order valence-electron chi connectivity index (χ3n) is 2.62. The molecule has 0 radical (unpaired) electrons. The lowest BCUT2D eigenvalue weighted by atomic mass is 10.2. The Hall–Kier alpha value is -1.85. The van der Waals surface area contributed by atoms with Crippen LogP contribution in [0.15, 0.2) is 36.4 Å². The van der Waals surface area contributed by atoms with Crippen LogP contribution in [0.1, 0.15) is 27.0 Å². The highest BCUT2D eigenvalue weighted by atomic mass is 35.5. The molecular weight excluding hydrogens is 298 g/mol. The quantitative estimate of drug-likeness (QED) is 0.863. The number of nitrogens with two attached hydrogens (primary N) is 1. The minimum Gasteiger partial charge on any atom is -0.483 e. The first-order valence-electron chi connectivity index (χ1n) is 5.83. The van der Waals surface area contributed by atoms with E-state index in [1.54, 1.807) is 37.3 Å². The van der Waals surface area contributed by atoms with Crippen LogP contribution in [0.4, 0.5) is 0 Å². The average Bonchev–Trinajstić information content (AvgIpc) is 2.84. The van der Waals surface area contributed by atoms with Crippen molar-refractivity contribution in [2.45, 2.75) is 13.0 Å². The minimum absolute atomic E-state index is 0.161. The number of carbonyl (C=O) groups excluding carboxylic acids is 2. The molecule has 104 valence electrons. The molecule has 1 aromatic heterocycles. The maximum absolute atomic E-state index is 12.1. The van der Waals surface area contributed by atoms with Gasteiger partial charge in [-0.1, -0.05) is 17.7 Å². The average molecular weight is 310 g/mol. The number of rotatable bonds is 5. The van der Waals surface area contributed by atoms with Gasteiger partial charge in [0.15, 0.2) is 6.10 Å². The fraction of sp³-hybridized carbons (Fsp3) is 0.143. The third kappa shape index (κ3) is 3.37. The molecule has 0 aliphatic heterocycles. The van der Waals surface area contributed by atoms with Crippen molar-refractivity contribution >= 4 is 34.6 Å². The molecule has 1 atom stereocenters. The van der Waals surface area contributed by atoms with Gasteiger partial charge in [0.25, 0.3) is 0 Å². The Kier molecular flexibility index (Phi) is 4.42. The predicted octanol–water partition coefficient (Wildman–Crippen LogP) is 3.15. The Balaban J connectivity index is 2.11. The fourth-order valence-corrected chi connectivity index (χ4v) is 2.69. The zero-order valence-corrected chi connectivity index (χ0v) is 12.2.